The molecule has 0 aromatic heterocycles. The number of ether oxygens (including phenoxy) is 3. The number of unbranched alkanes of at least 4 members (excludes halogenated alkanes) is 35. The molecule has 0 N–H and O–H groups in total. The monoisotopic (exact) mass is 835 g/mol. The van der Waals surface area contributed by atoms with Crippen LogP contribution in [0.2, 0.25) is 0 Å². The largest absolute Gasteiger partial charge is 0.462 e. The SMILES string of the molecule is CCCCCCCCCCCCCCCCC(=O)OC[C@@H](COC(=O)CCCCCCCCCCC)OC(=O)CCCCCCCCCCCCCCCCCC(C)C. The van der Waals surface area contributed by atoms with E-state index in [4.69, 9.17) is 14.2 Å². The van der Waals surface area contributed by atoms with Gasteiger partial charge in [-0.25, -0.2) is 0 Å². The maximum absolute atomic E-state index is 12.8. The van der Waals surface area contributed by atoms with Crippen LogP contribution in [0.3, 0.4) is 0 Å². The van der Waals surface area contributed by atoms with E-state index in [0.29, 0.717) is 19.3 Å². The molecular formula is C53H102O6. The van der Waals surface area contributed by atoms with Crippen molar-refractivity contribution in [1.82, 2.24) is 0 Å². The normalized spacial score (nSPS) is 11.9. The lowest BCUT2D eigenvalue weighted by molar-refractivity contribution is -0.167. The molecule has 0 aliphatic rings. The average molecular weight is 835 g/mol. The molecule has 350 valence electrons. The Kier molecular flexibility index (Phi) is 46.2. The molecule has 1 atom stereocenters. The van der Waals surface area contributed by atoms with Gasteiger partial charge in [0.2, 0.25) is 0 Å². The fraction of sp³-hybridized carbons (Fsp3) is 0.943. The minimum absolute atomic E-state index is 0.0626. The van der Waals surface area contributed by atoms with Crippen LogP contribution in [0.15, 0.2) is 0 Å². The molecule has 0 heterocycles. The van der Waals surface area contributed by atoms with Crippen LogP contribution >= 0.6 is 0 Å². The topological polar surface area (TPSA) is 78.9 Å². The Hall–Kier alpha value is -1.59. The van der Waals surface area contributed by atoms with Gasteiger partial charge in [-0.15, -0.1) is 0 Å². The van der Waals surface area contributed by atoms with E-state index in [0.717, 1.165) is 63.7 Å². The molecule has 0 amide bonds. The number of carbonyl (C=O) groups excluding carboxylic acids is 3. The Balaban J connectivity index is 4.24. The molecule has 59 heavy (non-hydrogen) atoms. The molecule has 0 saturated carbocycles. The summed E-state index contributed by atoms with van der Waals surface area (Å²) in [4.78, 5) is 37.9. The van der Waals surface area contributed by atoms with E-state index in [1.54, 1.807) is 0 Å². The summed E-state index contributed by atoms with van der Waals surface area (Å²) in [6.07, 6.45) is 49.5. The maximum Gasteiger partial charge on any atom is 0.306 e. The third-order valence-electron chi connectivity index (χ3n) is 12.0. The molecular weight excluding hydrogens is 733 g/mol. The Labute approximate surface area is 368 Å². The van der Waals surface area contributed by atoms with Gasteiger partial charge in [0, 0.05) is 19.3 Å². The summed E-state index contributed by atoms with van der Waals surface area (Å²) in [5.41, 5.74) is 0. The smallest absolute Gasteiger partial charge is 0.306 e. The van der Waals surface area contributed by atoms with Crippen molar-refractivity contribution in [2.75, 3.05) is 13.2 Å². The van der Waals surface area contributed by atoms with Crippen LogP contribution in [0.25, 0.3) is 0 Å². The molecule has 0 saturated heterocycles. The van der Waals surface area contributed by atoms with Gasteiger partial charge in [0.25, 0.3) is 0 Å². The van der Waals surface area contributed by atoms with Crippen LogP contribution in [0, 0.1) is 5.92 Å². The first-order valence-electron chi connectivity index (χ1n) is 26.4. The first kappa shape index (κ1) is 57.4. The fourth-order valence-corrected chi connectivity index (χ4v) is 8.04. The van der Waals surface area contributed by atoms with Crippen molar-refractivity contribution >= 4 is 17.9 Å². The van der Waals surface area contributed by atoms with Gasteiger partial charge in [-0.3, -0.25) is 14.4 Å². The van der Waals surface area contributed by atoms with Crippen LogP contribution in [0.1, 0.15) is 297 Å². The molecule has 0 rings (SSSR count). The molecule has 0 radical (unpaired) electrons. The zero-order valence-electron chi connectivity index (χ0n) is 40.2. The summed E-state index contributed by atoms with van der Waals surface area (Å²) in [5, 5.41) is 0. The zero-order chi connectivity index (χ0) is 43.1. The van der Waals surface area contributed by atoms with Gasteiger partial charge in [-0.2, -0.15) is 0 Å². The molecule has 0 aliphatic heterocycles. The Morgan fingerprint density at radius 1 is 0.322 bits per heavy atom. The molecule has 0 bridgehead atoms. The molecule has 0 spiro atoms. The summed E-state index contributed by atoms with van der Waals surface area (Å²) < 4.78 is 16.8. The van der Waals surface area contributed by atoms with Gasteiger partial charge < -0.3 is 14.2 Å². The van der Waals surface area contributed by atoms with Crippen molar-refractivity contribution in [3.05, 3.63) is 0 Å². The first-order valence-corrected chi connectivity index (χ1v) is 26.4. The van der Waals surface area contributed by atoms with E-state index in [2.05, 4.69) is 27.7 Å². The molecule has 0 fully saturated rings. The number of hydrogen-bond donors (Lipinski definition) is 0. The highest BCUT2D eigenvalue weighted by Gasteiger charge is 2.19. The predicted octanol–water partition coefficient (Wildman–Crippen LogP) is 17.1. The van der Waals surface area contributed by atoms with Crippen LogP contribution in [0.4, 0.5) is 0 Å². The van der Waals surface area contributed by atoms with Crippen LogP contribution in [-0.2, 0) is 28.6 Å². The highest BCUT2D eigenvalue weighted by molar-refractivity contribution is 5.71. The van der Waals surface area contributed by atoms with Gasteiger partial charge in [-0.1, -0.05) is 259 Å². The summed E-state index contributed by atoms with van der Waals surface area (Å²) in [6, 6.07) is 0. The van der Waals surface area contributed by atoms with Crippen LogP contribution in [0.5, 0.6) is 0 Å². The van der Waals surface area contributed by atoms with E-state index >= 15 is 0 Å². The predicted molar refractivity (Wildman–Crippen MR) is 252 cm³/mol. The second-order valence-electron chi connectivity index (χ2n) is 18.6. The van der Waals surface area contributed by atoms with Crippen molar-refractivity contribution in [2.45, 2.75) is 303 Å². The second-order valence-corrected chi connectivity index (χ2v) is 18.6. The lowest BCUT2D eigenvalue weighted by Gasteiger charge is -2.18. The van der Waals surface area contributed by atoms with Gasteiger partial charge in [0.15, 0.2) is 6.10 Å². The van der Waals surface area contributed by atoms with E-state index in [1.807, 2.05) is 0 Å². The van der Waals surface area contributed by atoms with Gasteiger partial charge in [0.05, 0.1) is 0 Å². The summed E-state index contributed by atoms with van der Waals surface area (Å²) >= 11 is 0. The highest BCUT2D eigenvalue weighted by atomic mass is 16.6. The van der Waals surface area contributed by atoms with E-state index in [1.165, 1.54) is 193 Å². The summed E-state index contributed by atoms with van der Waals surface area (Å²) in [7, 11) is 0. The summed E-state index contributed by atoms with van der Waals surface area (Å²) in [5.74, 6) is 0.00298. The van der Waals surface area contributed by atoms with Crippen molar-refractivity contribution in [3.8, 4) is 0 Å². The average Bonchev–Trinajstić information content (AvgIpc) is 3.22. The van der Waals surface area contributed by atoms with Gasteiger partial charge in [0.1, 0.15) is 13.2 Å². The van der Waals surface area contributed by atoms with Gasteiger partial charge >= 0.3 is 17.9 Å². The van der Waals surface area contributed by atoms with E-state index in [-0.39, 0.29) is 31.1 Å². The Morgan fingerprint density at radius 3 is 0.831 bits per heavy atom. The Bertz CT molecular complexity index is 887. The third-order valence-corrected chi connectivity index (χ3v) is 12.0. The molecule has 6 nitrogen and oxygen atoms in total. The summed E-state index contributed by atoms with van der Waals surface area (Å²) in [6.45, 7) is 9.03. The molecule has 0 aromatic rings. The van der Waals surface area contributed by atoms with Crippen molar-refractivity contribution in [2.24, 2.45) is 5.92 Å². The standard InChI is InChI=1S/C53H102O6/c1-5-7-9-11-13-15-16-17-22-25-29-33-37-41-45-52(55)58-48-50(47-57-51(54)44-40-36-32-27-14-12-10-8-6-2)59-53(56)46-42-38-34-30-26-23-20-18-19-21-24-28-31-35-39-43-49(3)4/h49-50H,5-48H2,1-4H3/t50-/m1/s1. The van der Waals surface area contributed by atoms with Crippen molar-refractivity contribution in [1.29, 1.82) is 0 Å². The van der Waals surface area contributed by atoms with Crippen molar-refractivity contribution < 1.29 is 28.6 Å². The molecule has 6 heteroatoms. The second kappa shape index (κ2) is 47.5. The third kappa shape index (κ3) is 47.3. The van der Waals surface area contributed by atoms with Crippen LogP contribution < -0.4 is 0 Å². The first-order chi connectivity index (χ1) is 28.9. The Morgan fingerprint density at radius 2 is 0.559 bits per heavy atom. The number of rotatable bonds is 48. The minimum atomic E-state index is -0.760. The van der Waals surface area contributed by atoms with Gasteiger partial charge in [-0.05, 0) is 25.2 Å². The lowest BCUT2D eigenvalue weighted by Crippen LogP contribution is -2.30. The zero-order valence-corrected chi connectivity index (χ0v) is 40.2. The fourth-order valence-electron chi connectivity index (χ4n) is 8.04. The van der Waals surface area contributed by atoms with Crippen LogP contribution in [-0.4, -0.2) is 37.2 Å². The molecule has 0 aliphatic carbocycles. The van der Waals surface area contributed by atoms with Crippen molar-refractivity contribution in [3.63, 3.8) is 0 Å². The molecule has 0 aromatic carbocycles. The molecule has 0 unspecified atom stereocenters. The van der Waals surface area contributed by atoms with E-state index in [9.17, 15) is 14.4 Å². The number of esters is 3. The quantitative estimate of drug-likeness (QED) is 0.0345. The lowest BCUT2D eigenvalue weighted by atomic mass is 10.0. The van der Waals surface area contributed by atoms with E-state index < -0.39 is 6.10 Å². The minimum Gasteiger partial charge on any atom is -0.462 e. The number of carbonyl (C=O) groups is 3. The maximum atomic E-state index is 12.8. The highest BCUT2D eigenvalue weighted by Crippen LogP contribution is 2.17. The number of hydrogen-bond acceptors (Lipinski definition) is 6.